The highest BCUT2D eigenvalue weighted by molar-refractivity contribution is 5.83. The minimum atomic E-state index is -4.37. The van der Waals surface area contributed by atoms with Crippen molar-refractivity contribution in [3.05, 3.63) is 66.2 Å². The molecule has 5 heteroatoms. The normalized spacial score (nSPS) is 15.1. The van der Waals surface area contributed by atoms with E-state index >= 15 is 0 Å². The molecule has 0 aromatic heterocycles. The van der Waals surface area contributed by atoms with Crippen LogP contribution in [0.4, 0.5) is 24.5 Å². The molecule has 0 amide bonds. The lowest BCUT2D eigenvalue weighted by atomic mass is 10.1. The van der Waals surface area contributed by atoms with Crippen LogP contribution in [0.5, 0.6) is 0 Å². The summed E-state index contributed by atoms with van der Waals surface area (Å²) in [6.07, 6.45) is -1.10. The van der Waals surface area contributed by atoms with Gasteiger partial charge in [0, 0.05) is 18.8 Å². The highest BCUT2D eigenvalue weighted by Crippen LogP contribution is 2.37. The smallest absolute Gasteiger partial charge is 0.370 e. The van der Waals surface area contributed by atoms with Crippen LogP contribution in [-0.4, -0.2) is 13.1 Å². The van der Waals surface area contributed by atoms with E-state index in [1.165, 1.54) is 6.07 Å². The molecule has 1 fully saturated rings. The maximum absolute atomic E-state index is 13.1. The largest absolute Gasteiger partial charge is 0.416 e. The maximum atomic E-state index is 13.1. The minimum absolute atomic E-state index is 0.450. The Bertz CT molecular complexity index is 732. The second-order valence-corrected chi connectivity index (χ2v) is 6.25. The van der Waals surface area contributed by atoms with Gasteiger partial charge in [0.15, 0.2) is 0 Å². The van der Waals surface area contributed by atoms with Gasteiger partial charge in [0.25, 0.3) is 0 Å². The summed E-state index contributed by atoms with van der Waals surface area (Å²) in [5.74, 6) is 0. The van der Waals surface area contributed by atoms with Gasteiger partial charge in [0.2, 0.25) is 0 Å². The van der Waals surface area contributed by atoms with Crippen molar-refractivity contribution in [3.63, 3.8) is 0 Å². The number of halogens is 3. The van der Waals surface area contributed by atoms with E-state index in [2.05, 4.69) is 16.8 Å². The zero-order chi connectivity index (χ0) is 17.9. The van der Waals surface area contributed by atoms with Crippen LogP contribution in [0, 0.1) is 0 Å². The van der Waals surface area contributed by atoms with Crippen molar-refractivity contribution in [3.8, 4) is 0 Å². The molecule has 1 aliphatic rings. The van der Waals surface area contributed by atoms with Crippen molar-refractivity contribution in [2.75, 3.05) is 23.3 Å². The number of benzene rings is 2. The van der Waals surface area contributed by atoms with Gasteiger partial charge in [-0.25, -0.2) is 0 Å². The van der Waals surface area contributed by atoms with Gasteiger partial charge in [-0.05, 0) is 43.0 Å². The van der Waals surface area contributed by atoms with Crippen LogP contribution in [0.1, 0.15) is 30.4 Å². The SMILES string of the molecule is C=C(Nc1cc(C(F)(F)F)ccc1N1CCCCC1)c1ccccc1. The number of rotatable bonds is 4. The molecule has 0 bridgehead atoms. The number of nitrogens with zero attached hydrogens (tertiary/aromatic N) is 1. The van der Waals surface area contributed by atoms with E-state index in [9.17, 15) is 13.2 Å². The van der Waals surface area contributed by atoms with Gasteiger partial charge in [-0.2, -0.15) is 13.2 Å². The third-order valence-electron chi connectivity index (χ3n) is 4.43. The summed E-state index contributed by atoms with van der Waals surface area (Å²) in [5.41, 5.74) is 2.02. The Morgan fingerprint density at radius 3 is 2.28 bits per heavy atom. The van der Waals surface area contributed by atoms with Gasteiger partial charge >= 0.3 is 6.18 Å². The first kappa shape index (κ1) is 17.4. The van der Waals surface area contributed by atoms with E-state index in [1.54, 1.807) is 6.07 Å². The predicted molar refractivity (Wildman–Crippen MR) is 96.6 cm³/mol. The average Bonchev–Trinajstić information content (AvgIpc) is 2.62. The number of hydrogen-bond acceptors (Lipinski definition) is 2. The fourth-order valence-electron chi connectivity index (χ4n) is 3.10. The second kappa shape index (κ2) is 7.21. The highest BCUT2D eigenvalue weighted by atomic mass is 19.4. The van der Waals surface area contributed by atoms with Crippen molar-refractivity contribution in [1.29, 1.82) is 0 Å². The Balaban J connectivity index is 1.94. The molecule has 132 valence electrons. The molecule has 2 aromatic carbocycles. The molecule has 2 aromatic rings. The van der Waals surface area contributed by atoms with Crippen LogP contribution in [0.15, 0.2) is 55.1 Å². The molecular weight excluding hydrogens is 325 g/mol. The summed E-state index contributed by atoms with van der Waals surface area (Å²) in [7, 11) is 0. The summed E-state index contributed by atoms with van der Waals surface area (Å²) in [6.45, 7) is 5.71. The molecule has 0 saturated carbocycles. The molecule has 0 atom stereocenters. The summed E-state index contributed by atoms with van der Waals surface area (Å²) < 4.78 is 39.4. The van der Waals surface area contributed by atoms with Gasteiger partial charge in [0.1, 0.15) is 0 Å². The topological polar surface area (TPSA) is 15.3 Å². The van der Waals surface area contributed by atoms with Crippen molar-refractivity contribution in [1.82, 2.24) is 0 Å². The molecule has 0 unspecified atom stereocenters. The third-order valence-corrected chi connectivity index (χ3v) is 4.43. The predicted octanol–water partition coefficient (Wildman–Crippen LogP) is 5.78. The van der Waals surface area contributed by atoms with Gasteiger partial charge in [-0.1, -0.05) is 36.9 Å². The number of hydrogen-bond donors (Lipinski definition) is 1. The van der Waals surface area contributed by atoms with Crippen LogP contribution < -0.4 is 10.2 Å². The van der Waals surface area contributed by atoms with E-state index in [0.29, 0.717) is 11.4 Å². The fourth-order valence-corrected chi connectivity index (χ4v) is 3.10. The number of piperidine rings is 1. The maximum Gasteiger partial charge on any atom is 0.416 e. The Labute approximate surface area is 146 Å². The van der Waals surface area contributed by atoms with Crippen molar-refractivity contribution in [2.24, 2.45) is 0 Å². The van der Waals surface area contributed by atoms with Crippen molar-refractivity contribution < 1.29 is 13.2 Å². The van der Waals surface area contributed by atoms with E-state index in [-0.39, 0.29) is 0 Å². The molecule has 2 nitrogen and oxygen atoms in total. The van der Waals surface area contributed by atoms with E-state index < -0.39 is 11.7 Å². The quantitative estimate of drug-likeness (QED) is 0.755. The average molecular weight is 346 g/mol. The highest BCUT2D eigenvalue weighted by Gasteiger charge is 2.31. The first-order valence-corrected chi connectivity index (χ1v) is 8.43. The molecule has 25 heavy (non-hydrogen) atoms. The lowest BCUT2D eigenvalue weighted by Gasteiger charge is -2.31. The van der Waals surface area contributed by atoms with Gasteiger partial charge in [0.05, 0.1) is 16.9 Å². The minimum Gasteiger partial charge on any atom is -0.370 e. The van der Waals surface area contributed by atoms with Gasteiger partial charge < -0.3 is 10.2 Å². The molecule has 1 aliphatic heterocycles. The standard InChI is InChI=1S/C20H21F3N2/c1-15(16-8-4-2-5-9-16)24-18-14-17(20(21,22)23)10-11-19(18)25-12-6-3-7-13-25/h2,4-5,8-11,14,24H,1,3,6-7,12-13H2. The molecule has 0 radical (unpaired) electrons. The Morgan fingerprint density at radius 1 is 0.960 bits per heavy atom. The van der Waals surface area contributed by atoms with Crippen LogP contribution in [-0.2, 0) is 6.18 Å². The Morgan fingerprint density at radius 2 is 1.64 bits per heavy atom. The molecule has 1 heterocycles. The molecule has 0 aliphatic carbocycles. The zero-order valence-corrected chi connectivity index (χ0v) is 13.9. The summed E-state index contributed by atoms with van der Waals surface area (Å²) in [6, 6.07) is 13.3. The first-order chi connectivity index (χ1) is 11.9. The van der Waals surface area contributed by atoms with E-state index in [4.69, 9.17) is 0 Å². The summed E-state index contributed by atoms with van der Waals surface area (Å²) >= 11 is 0. The van der Waals surface area contributed by atoms with E-state index in [1.807, 2.05) is 30.3 Å². The molecule has 0 spiro atoms. The molecular formula is C20H21F3N2. The second-order valence-electron chi connectivity index (χ2n) is 6.25. The monoisotopic (exact) mass is 346 g/mol. The fraction of sp³-hybridized carbons (Fsp3) is 0.300. The Hall–Kier alpha value is -2.43. The summed E-state index contributed by atoms with van der Waals surface area (Å²) in [5, 5.41) is 3.10. The van der Waals surface area contributed by atoms with Crippen molar-refractivity contribution in [2.45, 2.75) is 25.4 Å². The van der Waals surface area contributed by atoms with Crippen LogP contribution in [0.2, 0.25) is 0 Å². The van der Waals surface area contributed by atoms with E-state index in [0.717, 1.165) is 49.7 Å². The summed E-state index contributed by atoms with van der Waals surface area (Å²) in [4.78, 5) is 2.14. The van der Waals surface area contributed by atoms with Crippen LogP contribution >= 0.6 is 0 Å². The lowest BCUT2D eigenvalue weighted by Crippen LogP contribution is -2.30. The number of alkyl halides is 3. The van der Waals surface area contributed by atoms with Gasteiger partial charge in [-0.15, -0.1) is 0 Å². The van der Waals surface area contributed by atoms with Crippen LogP contribution in [0.3, 0.4) is 0 Å². The number of nitrogens with one attached hydrogen (secondary N) is 1. The molecule has 1 saturated heterocycles. The third kappa shape index (κ3) is 4.16. The zero-order valence-electron chi connectivity index (χ0n) is 13.9. The van der Waals surface area contributed by atoms with Crippen molar-refractivity contribution >= 4 is 17.1 Å². The van der Waals surface area contributed by atoms with Gasteiger partial charge in [-0.3, -0.25) is 0 Å². The number of anilines is 2. The van der Waals surface area contributed by atoms with Crippen LogP contribution in [0.25, 0.3) is 5.70 Å². The lowest BCUT2D eigenvalue weighted by molar-refractivity contribution is -0.137. The first-order valence-electron chi connectivity index (χ1n) is 8.43. The molecule has 1 N–H and O–H groups in total. The Kier molecular flexibility index (Phi) is 5.02. The molecule has 3 rings (SSSR count).